The number of benzene rings is 2. The highest BCUT2D eigenvalue weighted by atomic mass is 32.2. The topological polar surface area (TPSA) is 95.9 Å². The Morgan fingerprint density at radius 1 is 1.11 bits per heavy atom. The van der Waals surface area contributed by atoms with Crippen LogP contribution in [-0.4, -0.2) is 65.2 Å². The molecule has 35 heavy (non-hydrogen) atoms. The van der Waals surface area contributed by atoms with E-state index >= 15 is 0 Å². The van der Waals surface area contributed by atoms with Gasteiger partial charge in [-0.1, -0.05) is 62.4 Å². The van der Waals surface area contributed by atoms with Crippen LogP contribution < -0.4 is 5.32 Å². The highest BCUT2D eigenvalue weighted by Crippen LogP contribution is 2.44. The van der Waals surface area contributed by atoms with Crippen LogP contribution in [0.25, 0.3) is 11.1 Å². The molecule has 0 saturated carbocycles. The predicted molar refractivity (Wildman–Crippen MR) is 137 cm³/mol. The third-order valence-electron chi connectivity index (χ3n) is 7.11. The number of carbonyl (C=O) groups excluding carboxylic acids is 2. The van der Waals surface area contributed by atoms with Crippen LogP contribution in [0.1, 0.15) is 43.7 Å². The molecular formula is C27H32N2O5S. The van der Waals surface area contributed by atoms with Gasteiger partial charge in [0.05, 0.1) is 0 Å². The van der Waals surface area contributed by atoms with Gasteiger partial charge in [-0.3, -0.25) is 4.79 Å². The molecule has 0 aromatic heterocycles. The Morgan fingerprint density at radius 2 is 1.71 bits per heavy atom. The summed E-state index contributed by atoms with van der Waals surface area (Å²) in [4.78, 5) is 39.5. The average Bonchev–Trinajstić information content (AvgIpc) is 3.33. The van der Waals surface area contributed by atoms with Crippen molar-refractivity contribution in [3.63, 3.8) is 0 Å². The number of aliphatic carboxylic acids is 1. The maximum absolute atomic E-state index is 13.4. The lowest BCUT2D eigenvalue weighted by atomic mass is 9.85. The Hall–Kier alpha value is -3.00. The first-order chi connectivity index (χ1) is 16.7. The molecule has 2 amide bonds. The maximum Gasteiger partial charge on any atom is 0.407 e. The number of alkyl carbamates (subject to hydrolysis) is 1. The van der Waals surface area contributed by atoms with Crippen LogP contribution in [0.2, 0.25) is 0 Å². The molecule has 1 saturated heterocycles. The number of hydrogen-bond acceptors (Lipinski definition) is 5. The zero-order valence-electron chi connectivity index (χ0n) is 20.3. The van der Waals surface area contributed by atoms with Crippen molar-refractivity contribution in [3.05, 3.63) is 59.7 Å². The molecule has 2 aromatic carbocycles. The first-order valence-corrected chi connectivity index (χ1v) is 13.3. The van der Waals surface area contributed by atoms with Gasteiger partial charge in [0, 0.05) is 12.5 Å². The Morgan fingerprint density at radius 3 is 2.29 bits per heavy atom. The molecule has 8 heteroatoms. The summed E-state index contributed by atoms with van der Waals surface area (Å²) in [5, 5.41) is 12.5. The number of amides is 2. The van der Waals surface area contributed by atoms with E-state index in [0.717, 1.165) is 22.3 Å². The largest absolute Gasteiger partial charge is 0.480 e. The first-order valence-electron chi connectivity index (χ1n) is 11.9. The summed E-state index contributed by atoms with van der Waals surface area (Å²) in [6, 6.07) is 14.4. The lowest BCUT2D eigenvalue weighted by molar-refractivity contribution is -0.152. The van der Waals surface area contributed by atoms with Crippen LogP contribution in [-0.2, 0) is 14.3 Å². The van der Waals surface area contributed by atoms with E-state index in [-0.39, 0.29) is 18.4 Å². The first kappa shape index (κ1) is 25.1. The SMILES string of the molecule is CSCC[C@@H](NC(=O)OCC1c2ccccc2-c2ccccc21)C(=O)N1CCC(C)(C)C1C(=O)O. The van der Waals surface area contributed by atoms with Crippen LogP contribution in [0.3, 0.4) is 0 Å². The Labute approximate surface area is 210 Å². The van der Waals surface area contributed by atoms with E-state index in [4.69, 9.17) is 4.74 Å². The van der Waals surface area contributed by atoms with Gasteiger partial charge in [-0.05, 0) is 52.5 Å². The molecule has 2 aliphatic rings. The quantitative estimate of drug-likeness (QED) is 0.564. The third-order valence-corrected chi connectivity index (χ3v) is 7.75. The van der Waals surface area contributed by atoms with Crippen molar-refractivity contribution in [1.82, 2.24) is 10.2 Å². The summed E-state index contributed by atoms with van der Waals surface area (Å²) in [7, 11) is 0. The van der Waals surface area contributed by atoms with Crippen molar-refractivity contribution in [2.24, 2.45) is 5.41 Å². The number of nitrogens with zero attached hydrogens (tertiary/aromatic N) is 1. The lowest BCUT2D eigenvalue weighted by Gasteiger charge is -2.31. The molecule has 0 spiro atoms. The molecule has 1 heterocycles. The molecule has 1 unspecified atom stereocenters. The second-order valence-corrected chi connectivity index (χ2v) is 10.8. The summed E-state index contributed by atoms with van der Waals surface area (Å²) in [6.45, 7) is 4.21. The standard InChI is InChI=1S/C27H32N2O5S/c1-27(2)13-14-29(23(27)25(31)32)24(30)22(12-15-35-3)28-26(33)34-16-21-19-10-6-4-8-17(19)18-9-5-7-11-20(18)21/h4-11,21-23H,12-16H2,1-3H3,(H,28,33)(H,31,32)/t22-,23?/m1/s1. The molecule has 0 radical (unpaired) electrons. The molecular weight excluding hydrogens is 464 g/mol. The minimum Gasteiger partial charge on any atom is -0.480 e. The van der Waals surface area contributed by atoms with Crippen LogP contribution in [0.4, 0.5) is 4.79 Å². The molecule has 4 rings (SSSR count). The van der Waals surface area contributed by atoms with E-state index in [0.29, 0.717) is 25.1 Å². The van der Waals surface area contributed by atoms with E-state index in [9.17, 15) is 19.5 Å². The van der Waals surface area contributed by atoms with Crippen LogP contribution >= 0.6 is 11.8 Å². The number of ether oxygens (including phenoxy) is 1. The normalized spacial score (nSPS) is 19.1. The molecule has 2 aromatic rings. The van der Waals surface area contributed by atoms with E-state index in [2.05, 4.69) is 17.4 Å². The number of fused-ring (bicyclic) bond motifs is 3. The predicted octanol–water partition coefficient (Wildman–Crippen LogP) is 4.36. The highest BCUT2D eigenvalue weighted by molar-refractivity contribution is 7.98. The Bertz CT molecular complexity index is 1070. The zero-order chi connectivity index (χ0) is 25.2. The summed E-state index contributed by atoms with van der Waals surface area (Å²) in [6.07, 6.45) is 2.24. The number of carboxylic acid groups (broad SMARTS) is 1. The fraction of sp³-hybridized carbons (Fsp3) is 0.444. The number of thioether (sulfide) groups is 1. The van der Waals surface area contributed by atoms with Gasteiger partial charge >= 0.3 is 12.1 Å². The fourth-order valence-electron chi connectivity index (χ4n) is 5.28. The molecule has 1 aliphatic carbocycles. The van der Waals surface area contributed by atoms with Gasteiger partial charge in [0.2, 0.25) is 5.91 Å². The number of carboxylic acids is 1. The van der Waals surface area contributed by atoms with Gasteiger partial charge < -0.3 is 20.1 Å². The number of nitrogens with one attached hydrogen (secondary N) is 1. The summed E-state index contributed by atoms with van der Waals surface area (Å²) in [5.41, 5.74) is 3.97. The van der Waals surface area contributed by atoms with Gasteiger partial charge in [0.1, 0.15) is 18.7 Å². The highest BCUT2D eigenvalue weighted by Gasteiger charge is 2.48. The van der Waals surface area contributed by atoms with E-state index < -0.39 is 29.6 Å². The van der Waals surface area contributed by atoms with Crippen molar-refractivity contribution >= 4 is 29.7 Å². The van der Waals surface area contributed by atoms with Crippen molar-refractivity contribution in [3.8, 4) is 11.1 Å². The molecule has 7 nitrogen and oxygen atoms in total. The van der Waals surface area contributed by atoms with Crippen LogP contribution in [0, 0.1) is 5.41 Å². The molecule has 0 bridgehead atoms. The summed E-state index contributed by atoms with van der Waals surface area (Å²) < 4.78 is 5.63. The smallest absolute Gasteiger partial charge is 0.407 e. The number of hydrogen-bond donors (Lipinski definition) is 2. The number of carbonyl (C=O) groups is 3. The second-order valence-electron chi connectivity index (χ2n) is 9.81. The zero-order valence-corrected chi connectivity index (χ0v) is 21.1. The van der Waals surface area contributed by atoms with Gasteiger partial charge in [-0.25, -0.2) is 9.59 Å². The lowest BCUT2D eigenvalue weighted by Crippen LogP contribution is -2.54. The fourth-order valence-corrected chi connectivity index (χ4v) is 5.75. The maximum atomic E-state index is 13.4. The third kappa shape index (κ3) is 5.03. The van der Waals surface area contributed by atoms with E-state index in [1.165, 1.54) is 4.90 Å². The van der Waals surface area contributed by atoms with Gasteiger partial charge in [-0.2, -0.15) is 11.8 Å². The molecule has 2 atom stereocenters. The van der Waals surface area contributed by atoms with Gasteiger partial charge in [0.15, 0.2) is 0 Å². The Kier molecular flexibility index (Phi) is 7.40. The molecule has 186 valence electrons. The van der Waals surface area contributed by atoms with Crippen LogP contribution in [0.5, 0.6) is 0 Å². The summed E-state index contributed by atoms with van der Waals surface area (Å²) >= 11 is 1.56. The number of rotatable bonds is 8. The molecule has 2 N–H and O–H groups in total. The van der Waals surface area contributed by atoms with E-state index in [1.54, 1.807) is 11.8 Å². The minimum atomic E-state index is -1.02. The summed E-state index contributed by atoms with van der Waals surface area (Å²) in [5.74, 6) is -0.824. The monoisotopic (exact) mass is 496 g/mol. The Balaban J connectivity index is 1.45. The molecule has 1 fully saturated rings. The van der Waals surface area contributed by atoms with Gasteiger partial charge in [-0.15, -0.1) is 0 Å². The van der Waals surface area contributed by atoms with Crippen molar-refractivity contribution in [2.45, 2.75) is 44.7 Å². The average molecular weight is 497 g/mol. The van der Waals surface area contributed by atoms with Crippen molar-refractivity contribution in [2.75, 3.05) is 25.2 Å². The van der Waals surface area contributed by atoms with Crippen molar-refractivity contribution < 1.29 is 24.2 Å². The number of likely N-dealkylation sites (tertiary alicyclic amines) is 1. The van der Waals surface area contributed by atoms with Crippen LogP contribution in [0.15, 0.2) is 48.5 Å². The molecule has 1 aliphatic heterocycles. The van der Waals surface area contributed by atoms with E-state index in [1.807, 2.05) is 56.5 Å². The van der Waals surface area contributed by atoms with Gasteiger partial charge in [0.25, 0.3) is 0 Å². The second kappa shape index (κ2) is 10.3. The van der Waals surface area contributed by atoms with Crippen molar-refractivity contribution in [1.29, 1.82) is 0 Å². The minimum absolute atomic E-state index is 0.0794.